The Labute approximate surface area is 158 Å². The van der Waals surface area contributed by atoms with Gasteiger partial charge in [0.2, 0.25) is 0 Å². The Morgan fingerprint density at radius 3 is 2.50 bits per heavy atom. The molecule has 26 heavy (non-hydrogen) atoms. The minimum absolute atomic E-state index is 0.0136. The molecular formula is C22H35NO3. The third-order valence-corrected chi connectivity index (χ3v) is 5.40. The van der Waals surface area contributed by atoms with Crippen LogP contribution in [0.25, 0.3) is 0 Å². The average Bonchev–Trinajstić information content (AvgIpc) is 2.58. The van der Waals surface area contributed by atoms with Gasteiger partial charge in [-0.2, -0.15) is 0 Å². The first-order valence-electron chi connectivity index (χ1n) is 10.0. The van der Waals surface area contributed by atoms with Gasteiger partial charge in [-0.3, -0.25) is 4.79 Å². The van der Waals surface area contributed by atoms with E-state index in [2.05, 4.69) is 26.1 Å². The van der Waals surface area contributed by atoms with Gasteiger partial charge in [0.1, 0.15) is 11.4 Å². The second-order valence-corrected chi connectivity index (χ2v) is 7.86. The van der Waals surface area contributed by atoms with Crippen LogP contribution < -0.4 is 10.1 Å². The van der Waals surface area contributed by atoms with Crippen molar-refractivity contribution in [3.05, 3.63) is 23.3 Å². The van der Waals surface area contributed by atoms with E-state index in [0.717, 1.165) is 48.2 Å². The fourth-order valence-electron chi connectivity index (χ4n) is 3.92. The molecule has 1 aliphatic rings. The van der Waals surface area contributed by atoms with Crippen LogP contribution in [0.15, 0.2) is 12.1 Å². The largest absolute Gasteiger partial charge is 0.490 e. The third kappa shape index (κ3) is 4.79. The Balaban J connectivity index is 2.19. The maximum atomic E-state index is 13.1. The van der Waals surface area contributed by atoms with Gasteiger partial charge in [0.05, 0.1) is 6.10 Å². The molecule has 1 saturated carbocycles. The molecule has 1 amide bonds. The number of amides is 1. The molecule has 4 heteroatoms. The Morgan fingerprint density at radius 2 is 1.96 bits per heavy atom. The van der Waals surface area contributed by atoms with Gasteiger partial charge < -0.3 is 14.8 Å². The molecule has 3 unspecified atom stereocenters. The second kappa shape index (κ2) is 8.90. The van der Waals surface area contributed by atoms with Crippen LogP contribution in [0.3, 0.4) is 0 Å². The normalized spacial score (nSPS) is 24.2. The number of rotatable bonds is 7. The topological polar surface area (TPSA) is 47.6 Å². The maximum absolute atomic E-state index is 13.1. The SMILES string of the molecule is CCOC1(C(=O)Nc2cc(C)c(OC(C)CC)c(C)c2)CCCC(C)C1. The van der Waals surface area contributed by atoms with E-state index in [1.165, 1.54) is 6.42 Å². The number of carbonyl (C=O) groups excluding carboxylic acids is 1. The fraction of sp³-hybridized carbons (Fsp3) is 0.682. The van der Waals surface area contributed by atoms with Gasteiger partial charge >= 0.3 is 0 Å². The van der Waals surface area contributed by atoms with E-state index >= 15 is 0 Å². The summed E-state index contributed by atoms with van der Waals surface area (Å²) in [4.78, 5) is 13.1. The lowest BCUT2D eigenvalue weighted by Gasteiger charge is -2.38. The van der Waals surface area contributed by atoms with Crippen LogP contribution in [0.5, 0.6) is 5.75 Å². The van der Waals surface area contributed by atoms with E-state index < -0.39 is 5.60 Å². The molecule has 0 spiro atoms. The summed E-state index contributed by atoms with van der Waals surface area (Å²) < 4.78 is 12.0. The molecule has 1 aromatic carbocycles. The molecule has 1 N–H and O–H groups in total. The molecule has 3 atom stereocenters. The van der Waals surface area contributed by atoms with Crippen LogP contribution in [-0.4, -0.2) is 24.2 Å². The Kier molecular flexibility index (Phi) is 7.10. The van der Waals surface area contributed by atoms with Crippen LogP contribution in [0.1, 0.15) is 70.9 Å². The Morgan fingerprint density at radius 1 is 1.31 bits per heavy atom. The molecule has 0 aliphatic heterocycles. The molecule has 0 heterocycles. The molecule has 1 fully saturated rings. The smallest absolute Gasteiger partial charge is 0.256 e. The van der Waals surface area contributed by atoms with Crippen LogP contribution in [-0.2, 0) is 9.53 Å². The zero-order chi connectivity index (χ0) is 19.3. The van der Waals surface area contributed by atoms with E-state index in [4.69, 9.17) is 9.47 Å². The number of hydrogen-bond donors (Lipinski definition) is 1. The number of anilines is 1. The zero-order valence-electron chi connectivity index (χ0n) is 17.3. The molecule has 146 valence electrons. The summed E-state index contributed by atoms with van der Waals surface area (Å²) in [7, 11) is 0. The van der Waals surface area contributed by atoms with Gasteiger partial charge in [-0.1, -0.05) is 20.3 Å². The number of nitrogens with one attached hydrogen (secondary N) is 1. The van der Waals surface area contributed by atoms with Crippen molar-refractivity contribution in [3.63, 3.8) is 0 Å². The van der Waals surface area contributed by atoms with Gasteiger partial charge in [0.15, 0.2) is 0 Å². The monoisotopic (exact) mass is 361 g/mol. The average molecular weight is 362 g/mol. The lowest BCUT2D eigenvalue weighted by Crippen LogP contribution is -2.48. The van der Waals surface area contributed by atoms with Crippen molar-refractivity contribution in [1.82, 2.24) is 0 Å². The minimum Gasteiger partial charge on any atom is -0.490 e. The molecule has 0 aromatic heterocycles. The molecule has 1 aromatic rings. The van der Waals surface area contributed by atoms with Gasteiger partial charge in [-0.05, 0) is 82.6 Å². The van der Waals surface area contributed by atoms with Crippen LogP contribution in [0.4, 0.5) is 5.69 Å². The number of carbonyl (C=O) groups is 1. The summed E-state index contributed by atoms with van der Waals surface area (Å²) in [6.07, 6.45) is 4.94. The van der Waals surface area contributed by atoms with Crippen molar-refractivity contribution in [1.29, 1.82) is 0 Å². The predicted molar refractivity (Wildman–Crippen MR) is 107 cm³/mol. The molecule has 0 saturated heterocycles. The van der Waals surface area contributed by atoms with E-state index in [9.17, 15) is 4.79 Å². The van der Waals surface area contributed by atoms with Crippen molar-refractivity contribution in [2.75, 3.05) is 11.9 Å². The first-order valence-corrected chi connectivity index (χ1v) is 10.0. The quantitative estimate of drug-likeness (QED) is 0.707. The highest BCUT2D eigenvalue weighted by Gasteiger charge is 2.42. The van der Waals surface area contributed by atoms with Crippen LogP contribution in [0.2, 0.25) is 0 Å². The van der Waals surface area contributed by atoms with E-state index in [-0.39, 0.29) is 12.0 Å². The summed E-state index contributed by atoms with van der Waals surface area (Å²) in [5.41, 5.74) is 2.21. The summed E-state index contributed by atoms with van der Waals surface area (Å²) in [5, 5.41) is 3.11. The van der Waals surface area contributed by atoms with E-state index in [1.807, 2.05) is 32.9 Å². The minimum atomic E-state index is -0.694. The highest BCUT2D eigenvalue weighted by atomic mass is 16.5. The molecular weight excluding hydrogens is 326 g/mol. The van der Waals surface area contributed by atoms with Crippen molar-refractivity contribution >= 4 is 11.6 Å². The number of ether oxygens (including phenoxy) is 2. The molecule has 0 bridgehead atoms. The molecule has 1 aliphatic carbocycles. The maximum Gasteiger partial charge on any atom is 0.256 e. The highest BCUT2D eigenvalue weighted by Crippen LogP contribution is 2.37. The van der Waals surface area contributed by atoms with Gasteiger partial charge in [-0.15, -0.1) is 0 Å². The van der Waals surface area contributed by atoms with Crippen LogP contribution in [0, 0.1) is 19.8 Å². The summed E-state index contributed by atoms with van der Waals surface area (Å²) in [6.45, 7) is 13.0. The number of benzene rings is 1. The number of aryl methyl sites for hydroxylation is 2. The van der Waals surface area contributed by atoms with Gasteiger partial charge in [0.25, 0.3) is 5.91 Å². The first kappa shape index (κ1) is 20.8. The summed E-state index contributed by atoms with van der Waals surface area (Å²) in [5.74, 6) is 1.42. The molecule has 0 radical (unpaired) electrons. The lowest BCUT2D eigenvalue weighted by molar-refractivity contribution is -0.147. The third-order valence-electron chi connectivity index (χ3n) is 5.40. The second-order valence-electron chi connectivity index (χ2n) is 7.86. The lowest BCUT2D eigenvalue weighted by atomic mass is 9.78. The van der Waals surface area contributed by atoms with Crippen molar-refractivity contribution in [2.24, 2.45) is 5.92 Å². The molecule has 2 rings (SSSR count). The van der Waals surface area contributed by atoms with E-state index in [1.54, 1.807) is 0 Å². The highest BCUT2D eigenvalue weighted by molar-refractivity contribution is 5.97. The van der Waals surface area contributed by atoms with Gasteiger partial charge in [-0.25, -0.2) is 0 Å². The fourth-order valence-corrected chi connectivity index (χ4v) is 3.92. The van der Waals surface area contributed by atoms with Crippen molar-refractivity contribution in [2.45, 2.75) is 85.4 Å². The van der Waals surface area contributed by atoms with Crippen molar-refractivity contribution < 1.29 is 14.3 Å². The summed E-state index contributed by atoms with van der Waals surface area (Å²) in [6, 6.07) is 3.99. The van der Waals surface area contributed by atoms with Crippen LogP contribution >= 0.6 is 0 Å². The Hall–Kier alpha value is -1.55. The summed E-state index contributed by atoms with van der Waals surface area (Å²) >= 11 is 0. The standard InChI is InChI=1S/C22H35NO3/c1-7-18(6)26-20-16(4)12-19(13-17(20)5)23-21(24)22(25-8-2)11-9-10-15(3)14-22/h12-13,15,18H,7-11,14H2,1-6H3,(H,23,24). The Bertz CT molecular complexity index is 601. The van der Waals surface area contributed by atoms with E-state index in [0.29, 0.717) is 12.5 Å². The zero-order valence-corrected chi connectivity index (χ0v) is 17.3. The van der Waals surface area contributed by atoms with Gasteiger partial charge in [0, 0.05) is 12.3 Å². The predicted octanol–water partition coefficient (Wildman–Crippen LogP) is 5.40. The first-order chi connectivity index (χ1) is 12.3. The molecule has 4 nitrogen and oxygen atoms in total. The number of hydrogen-bond acceptors (Lipinski definition) is 3. The van der Waals surface area contributed by atoms with Crippen molar-refractivity contribution in [3.8, 4) is 5.75 Å².